The number of nitrogens with one attached hydrogen (secondary N) is 1. The molecule has 2 heteroatoms. The minimum Gasteiger partial charge on any atom is -0.350 e. The van der Waals surface area contributed by atoms with Crippen molar-refractivity contribution in [1.82, 2.24) is 5.32 Å². The van der Waals surface area contributed by atoms with Gasteiger partial charge in [0.1, 0.15) is 0 Å². The molecule has 1 saturated carbocycles. The van der Waals surface area contributed by atoms with Gasteiger partial charge in [-0.2, -0.15) is 0 Å². The van der Waals surface area contributed by atoms with E-state index in [1.54, 1.807) is 0 Å². The van der Waals surface area contributed by atoms with Crippen LogP contribution in [0.2, 0.25) is 0 Å². The van der Waals surface area contributed by atoms with Crippen LogP contribution in [0.4, 0.5) is 0 Å². The lowest BCUT2D eigenvalue weighted by molar-refractivity contribution is -0.122. The van der Waals surface area contributed by atoms with Gasteiger partial charge in [0, 0.05) is 5.54 Å². The van der Waals surface area contributed by atoms with Crippen LogP contribution in [0.1, 0.15) is 56.6 Å². The maximum Gasteiger partial charge on any atom is 0.224 e. The first kappa shape index (κ1) is 17.7. The molecule has 0 radical (unpaired) electrons. The second-order valence-electron chi connectivity index (χ2n) is 7.43. The molecule has 1 fully saturated rings. The third-order valence-corrected chi connectivity index (χ3v) is 5.69. The number of carbonyl (C=O) groups is 1. The van der Waals surface area contributed by atoms with Crippen LogP contribution >= 0.6 is 0 Å². The number of benzene rings is 2. The lowest BCUT2D eigenvalue weighted by Crippen LogP contribution is -2.49. The quantitative estimate of drug-likeness (QED) is 0.775. The molecule has 1 aliphatic rings. The molecule has 1 N–H and O–H groups in total. The van der Waals surface area contributed by atoms with Crippen LogP contribution in [-0.2, 0) is 11.2 Å². The highest BCUT2D eigenvalue weighted by atomic mass is 16.1. The molecule has 0 aliphatic heterocycles. The molecule has 0 unspecified atom stereocenters. The average molecular weight is 335 g/mol. The Bertz CT molecular complexity index is 714. The fourth-order valence-corrected chi connectivity index (χ4v) is 4.01. The molecule has 0 saturated heterocycles. The zero-order chi connectivity index (χ0) is 17.7. The van der Waals surface area contributed by atoms with E-state index in [1.165, 1.54) is 36.0 Å². The Kier molecular flexibility index (Phi) is 5.57. The summed E-state index contributed by atoms with van der Waals surface area (Å²) < 4.78 is 0. The Morgan fingerprint density at radius 1 is 1.00 bits per heavy atom. The van der Waals surface area contributed by atoms with E-state index < -0.39 is 0 Å². The van der Waals surface area contributed by atoms with E-state index in [9.17, 15) is 4.79 Å². The summed E-state index contributed by atoms with van der Waals surface area (Å²) >= 11 is 0. The largest absolute Gasteiger partial charge is 0.350 e. The van der Waals surface area contributed by atoms with Gasteiger partial charge in [0.15, 0.2) is 0 Å². The first-order chi connectivity index (χ1) is 12.1. The van der Waals surface area contributed by atoms with Crippen LogP contribution in [0.25, 0.3) is 11.1 Å². The Morgan fingerprint density at radius 3 is 2.36 bits per heavy atom. The van der Waals surface area contributed by atoms with Crippen LogP contribution in [0.15, 0.2) is 48.5 Å². The summed E-state index contributed by atoms with van der Waals surface area (Å²) in [5.41, 5.74) is 4.77. The molecule has 132 valence electrons. The molecular weight excluding hydrogens is 306 g/mol. The van der Waals surface area contributed by atoms with Crippen LogP contribution < -0.4 is 5.32 Å². The van der Waals surface area contributed by atoms with Gasteiger partial charge in [0.2, 0.25) is 5.91 Å². The zero-order valence-corrected chi connectivity index (χ0v) is 15.5. The van der Waals surface area contributed by atoms with E-state index in [0.717, 1.165) is 24.8 Å². The van der Waals surface area contributed by atoms with Crippen molar-refractivity contribution in [2.45, 2.75) is 64.3 Å². The fourth-order valence-electron chi connectivity index (χ4n) is 4.01. The number of hydrogen-bond donors (Lipinski definition) is 1. The summed E-state index contributed by atoms with van der Waals surface area (Å²) in [5.74, 6) is 0.166. The summed E-state index contributed by atoms with van der Waals surface area (Å²) in [4.78, 5) is 12.6. The molecule has 0 heterocycles. The second-order valence-corrected chi connectivity index (χ2v) is 7.43. The normalized spacial score (nSPS) is 16.4. The van der Waals surface area contributed by atoms with E-state index in [4.69, 9.17) is 0 Å². The molecule has 0 aromatic heterocycles. The van der Waals surface area contributed by atoms with E-state index in [1.807, 2.05) is 6.07 Å². The van der Waals surface area contributed by atoms with E-state index in [2.05, 4.69) is 61.6 Å². The van der Waals surface area contributed by atoms with Crippen molar-refractivity contribution in [3.05, 3.63) is 59.7 Å². The topological polar surface area (TPSA) is 29.1 Å². The van der Waals surface area contributed by atoms with Crippen LogP contribution in [0.3, 0.4) is 0 Å². The van der Waals surface area contributed by atoms with Crippen molar-refractivity contribution in [2.24, 2.45) is 0 Å². The lowest BCUT2D eigenvalue weighted by Gasteiger charge is -2.37. The fraction of sp³-hybridized carbons (Fsp3) is 0.435. The van der Waals surface area contributed by atoms with Crippen molar-refractivity contribution in [2.75, 3.05) is 0 Å². The van der Waals surface area contributed by atoms with Crippen LogP contribution in [0.5, 0.6) is 0 Å². The van der Waals surface area contributed by atoms with E-state index in [0.29, 0.717) is 6.42 Å². The number of aryl methyl sites for hydroxylation is 1. The van der Waals surface area contributed by atoms with E-state index in [-0.39, 0.29) is 11.4 Å². The molecule has 3 rings (SSSR count). The van der Waals surface area contributed by atoms with Crippen molar-refractivity contribution < 1.29 is 4.79 Å². The van der Waals surface area contributed by atoms with Crippen LogP contribution in [0, 0.1) is 6.92 Å². The molecule has 0 bridgehead atoms. The highest BCUT2D eigenvalue weighted by molar-refractivity contribution is 5.80. The van der Waals surface area contributed by atoms with Gasteiger partial charge in [-0.1, -0.05) is 74.7 Å². The summed E-state index contributed by atoms with van der Waals surface area (Å²) in [6, 6.07) is 16.8. The third-order valence-electron chi connectivity index (χ3n) is 5.69. The first-order valence-corrected chi connectivity index (χ1v) is 9.58. The molecular formula is C23H29NO. The number of hydrogen-bond acceptors (Lipinski definition) is 1. The molecule has 25 heavy (non-hydrogen) atoms. The maximum atomic E-state index is 12.6. The summed E-state index contributed by atoms with van der Waals surface area (Å²) in [7, 11) is 0. The zero-order valence-electron chi connectivity index (χ0n) is 15.5. The number of rotatable bonds is 5. The Hall–Kier alpha value is -2.09. The maximum absolute atomic E-state index is 12.6. The standard InChI is InChI=1S/C23H29NO/c1-3-23(14-8-5-9-15-23)24-22(25)17-20-12-13-21(16-18(20)2)19-10-6-4-7-11-19/h4,6-7,10-13,16H,3,5,8-9,14-15,17H2,1-2H3,(H,24,25). The SMILES string of the molecule is CCC1(NC(=O)Cc2ccc(-c3ccccc3)cc2C)CCCCC1. The molecule has 2 aromatic carbocycles. The molecule has 0 atom stereocenters. The summed E-state index contributed by atoms with van der Waals surface area (Å²) in [6.07, 6.45) is 7.53. The van der Waals surface area contributed by atoms with Crippen molar-refractivity contribution >= 4 is 5.91 Å². The molecule has 0 spiro atoms. The minimum atomic E-state index is 0.0349. The monoisotopic (exact) mass is 335 g/mol. The van der Waals surface area contributed by atoms with Crippen molar-refractivity contribution in [3.63, 3.8) is 0 Å². The Morgan fingerprint density at radius 2 is 1.72 bits per heavy atom. The van der Waals surface area contributed by atoms with Gasteiger partial charge in [0.05, 0.1) is 6.42 Å². The van der Waals surface area contributed by atoms with Crippen LogP contribution in [-0.4, -0.2) is 11.4 Å². The smallest absolute Gasteiger partial charge is 0.224 e. The van der Waals surface area contributed by atoms with Gasteiger partial charge >= 0.3 is 0 Å². The Balaban J connectivity index is 1.69. The summed E-state index contributed by atoms with van der Waals surface area (Å²) in [5, 5.41) is 3.37. The third kappa shape index (κ3) is 4.31. The van der Waals surface area contributed by atoms with Crippen molar-refractivity contribution in [3.8, 4) is 11.1 Å². The summed E-state index contributed by atoms with van der Waals surface area (Å²) in [6.45, 7) is 4.30. The average Bonchev–Trinajstić information content (AvgIpc) is 2.65. The van der Waals surface area contributed by atoms with Gasteiger partial charge in [0.25, 0.3) is 0 Å². The highest BCUT2D eigenvalue weighted by Gasteiger charge is 2.31. The Labute approximate surface area is 151 Å². The highest BCUT2D eigenvalue weighted by Crippen LogP contribution is 2.31. The van der Waals surface area contributed by atoms with Gasteiger partial charge < -0.3 is 5.32 Å². The predicted octanol–water partition coefficient (Wildman–Crippen LogP) is 5.43. The number of amides is 1. The van der Waals surface area contributed by atoms with Crippen molar-refractivity contribution in [1.29, 1.82) is 0 Å². The molecule has 1 aliphatic carbocycles. The van der Waals surface area contributed by atoms with Gasteiger partial charge in [-0.3, -0.25) is 4.79 Å². The molecule has 2 aromatic rings. The minimum absolute atomic E-state index is 0.0349. The molecule has 1 amide bonds. The van der Waals surface area contributed by atoms with E-state index >= 15 is 0 Å². The van der Waals surface area contributed by atoms with Gasteiger partial charge in [-0.05, 0) is 48.4 Å². The predicted molar refractivity (Wildman–Crippen MR) is 105 cm³/mol. The first-order valence-electron chi connectivity index (χ1n) is 9.58. The van der Waals surface area contributed by atoms with Gasteiger partial charge in [-0.15, -0.1) is 0 Å². The second kappa shape index (κ2) is 7.86. The van der Waals surface area contributed by atoms with Gasteiger partial charge in [-0.25, -0.2) is 0 Å². The lowest BCUT2D eigenvalue weighted by atomic mass is 9.79. The number of carbonyl (C=O) groups excluding carboxylic acids is 1. The molecule has 2 nitrogen and oxygen atoms in total.